The molecule has 0 aromatic rings. The Hall–Kier alpha value is 2.17. The standard InChI is InChI=1S/C2H7O3PS.K/c1-4-6(3,7)5-2;/h1-2H3,(H,3,7);/q;+1/p-1. The minimum Gasteiger partial charge on any atom is -0.780 e. The second-order valence-electron chi connectivity index (χ2n) is 0.812. The molecule has 0 amide bonds. The molecule has 0 bridgehead atoms. The van der Waals surface area contributed by atoms with Gasteiger partial charge >= 0.3 is 51.4 Å². The fourth-order valence-corrected chi connectivity index (χ4v) is 0.224. The van der Waals surface area contributed by atoms with Crippen molar-refractivity contribution < 1.29 is 65.3 Å². The molecule has 8 heavy (non-hydrogen) atoms. The molecular weight excluding hydrogens is 174 g/mol. The molecular formula is C2H6KO3PS. The van der Waals surface area contributed by atoms with Gasteiger partial charge in [0.1, 0.15) is 6.72 Å². The summed E-state index contributed by atoms with van der Waals surface area (Å²) in [5, 5.41) is 0. The quantitative estimate of drug-likeness (QED) is 0.333. The third-order valence-corrected chi connectivity index (χ3v) is 2.24. The fourth-order valence-electron chi connectivity index (χ4n) is 0.0745. The Morgan fingerprint density at radius 1 is 1.38 bits per heavy atom. The first-order chi connectivity index (χ1) is 3.12. The maximum absolute atomic E-state index is 10.3. The van der Waals surface area contributed by atoms with Gasteiger partial charge in [0, 0.05) is 14.2 Å². The van der Waals surface area contributed by atoms with Crippen molar-refractivity contribution in [1.82, 2.24) is 0 Å². The molecule has 0 aliphatic rings. The van der Waals surface area contributed by atoms with Crippen LogP contribution in [0.2, 0.25) is 0 Å². The van der Waals surface area contributed by atoms with E-state index in [2.05, 4.69) is 20.9 Å². The van der Waals surface area contributed by atoms with Crippen LogP contribution in [0.5, 0.6) is 0 Å². The van der Waals surface area contributed by atoms with Crippen LogP contribution in [0.4, 0.5) is 0 Å². The Kier molecular flexibility index (Phi) is 9.47. The Morgan fingerprint density at radius 2 is 1.62 bits per heavy atom. The van der Waals surface area contributed by atoms with Gasteiger partial charge in [-0.05, 0) is 0 Å². The molecule has 0 rings (SSSR count). The van der Waals surface area contributed by atoms with E-state index in [0.717, 1.165) is 0 Å². The first-order valence-electron chi connectivity index (χ1n) is 1.55. The van der Waals surface area contributed by atoms with Crippen molar-refractivity contribution in [3.05, 3.63) is 0 Å². The van der Waals surface area contributed by atoms with Crippen LogP contribution in [-0.4, -0.2) is 14.2 Å². The van der Waals surface area contributed by atoms with Crippen LogP contribution < -0.4 is 56.3 Å². The Bertz CT molecular complexity index is 89.3. The second kappa shape index (κ2) is 5.91. The van der Waals surface area contributed by atoms with E-state index in [1.54, 1.807) is 0 Å². The largest absolute Gasteiger partial charge is 1.00 e. The van der Waals surface area contributed by atoms with E-state index >= 15 is 0 Å². The molecule has 0 aromatic carbocycles. The zero-order valence-corrected chi connectivity index (χ0v) is 9.91. The molecule has 3 nitrogen and oxygen atoms in total. The van der Waals surface area contributed by atoms with E-state index in [1.807, 2.05) is 0 Å². The molecule has 0 fully saturated rings. The summed E-state index contributed by atoms with van der Waals surface area (Å²) in [6.07, 6.45) is 0. The average molecular weight is 180 g/mol. The third-order valence-electron chi connectivity index (χ3n) is 0.447. The predicted molar refractivity (Wildman–Crippen MR) is 28.3 cm³/mol. The average Bonchev–Trinajstić information content (AvgIpc) is 1.68. The van der Waals surface area contributed by atoms with E-state index in [0.29, 0.717) is 0 Å². The summed E-state index contributed by atoms with van der Waals surface area (Å²) in [6, 6.07) is 0. The molecule has 0 heterocycles. The van der Waals surface area contributed by atoms with Crippen molar-refractivity contribution in [2.75, 3.05) is 14.2 Å². The van der Waals surface area contributed by atoms with Crippen LogP contribution in [0.1, 0.15) is 0 Å². The Labute approximate surface area is 96.4 Å². The van der Waals surface area contributed by atoms with Crippen molar-refractivity contribution >= 4 is 18.5 Å². The molecule has 44 valence electrons. The smallest absolute Gasteiger partial charge is 0.780 e. The van der Waals surface area contributed by atoms with Crippen molar-refractivity contribution in [2.24, 2.45) is 0 Å². The number of hydrogen-bond acceptors (Lipinski definition) is 4. The molecule has 0 aliphatic heterocycles. The molecule has 0 spiro atoms. The van der Waals surface area contributed by atoms with Gasteiger partial charge in [-0.1, -0.05) is 11.8 Å². The minimum atomic E-state index is -3.07. The monoisotopic (exact) mass is 180 g/mol. The number of rotatable bonds is 2. The van der Waals surface area contributed by atoms with Crippen molar-refractivity contribution in [3.8, 4) is 0 Å². The Balaban J connectivity index is 0. The van der Waals surface area contributed by atoms with Gasteiger partial charge in [0.2, 0.25) is 0 Å². The van der Waals surface area contributed by atoms with E-state index in [9.17, 15) is 4.89 Å². The van der Waals surface area contributed by atoms with E-state index < -0.39 is 6.72 Å². The van der Waals surface area contributed by atoms with E-state index in [1.165, 1.54) is 14.2 Å². The minimum absolute atomic E-state index is 0. The summed E-state index contributed by atoms with van der Waals surface area (Å²) in [6.45, 7) is -3.07. The van der Waals surface area contributed by atoms with Gasteiger partial charge < -0.3 is 13.9 Å². The molecule has 0 saturated carbocycles. The molecule has 0 N–H and O–H groups in total. The van der Waals surface area contributed by atoms with Gasteiger partial charge in [0.15, 0.2) is 0 Å². The van der Waals surface area contributed by atoms with Gasteiger partial charge in [-0.15, -0.1) is 0 Å². The first kappa shape index (κ1) is 12.8. The maximum atomic E-state index is 10.3. The molecule has 0 saturated heterocycles. The zero-order chi connectivity index (χ0) is 5.91. The Morgan fingerprint density at radius 3 is 1.62 bits per heavy atom. The van der Waals surface area contributed by atoms with Crippen LogP contribution >= 0.6 is 6.72 Å². The van der Waals surface area contributed by atoms with E-state index in [4.69, 9.17) is 0 Å². The fraction of sp³-hybridized carbons (Fsp3) is 1.00. The summed E-state index contributed by atoms with van der Waals surface area (Å²) >= 11 is 4.26. The third kappa shape index (κ3) is 6.29. The SMILES string of the molecule is COP([O-])(=S)OC.[K+]. The molecule has 0 aliphatic carbocycles. The zero-order valence-electron chi connectivity index (χ0n) is 5.08. The molecule has 6 heteroatoms. The topological polar surface area (TPSA) is 41.5 Å². The van der Waals surface area contributed by atoms with Crippen molar-refractivity contribution in [1.29, 1.82) is 0 Å². The maximum Gasteiger partial charge on any atom is 1.00 e. The van der Waals surface area contributed by atoms with Gasteiger partial charge in [-0.2, -0.15) is 0 Å². The van der Waals surface area contributed by atoms with Crippen LogP contribution in [0.3, 0.4) is 0 Å². The summed E-state index contributed by atoms with van der Waals surface area (Å²) < 4.78 is 8.47. The first-order valence-corrected chi connectivity index (χ1v) is 4.10. The van der Waals surface area contributed by atoms with Crippen molar-refractivity contribution in [2.45, 2.75) is 0 Å². The molecule has 0 atom stereocenters. The van der Waals surface area contributed by atoms with E-state index in [-0.39, 0.29) is 51.4 Å². The van der Waals surface area contributed by atoms with Crippen LogP contribution in [0.25, 0.3) is 0 Å². The van der Waals surface area contributed by atoms with Gasteiger partial charge in [-0.25, -0.2) is 0 Å². The van der Waals surface area contributed by atoms with Crippen LogP contribution in [-0.2, 0) is 20.9 Å². The summed E-state index contributed by atoms with van der Waals surface area (Å²) in [4.78, 5) is 10.3. The van der Waals surface area contributed by atoms with Gasteiger partial charge in [0.05, 0.1) is 0 Å². The van der Waals surface area contributed by atoms with Crippen LogP contribution in [0.15, 0.2) is 0 Å². The normalized spacial score (nSPS) is 10.4. The molecule has 0 radical (unpaired) electrons. The van der Waals surface area contributed by atoms with Crippen molar-refractivity contribution in [3.63, 3.8) is 0 Å². The molecule has 0 aromatic heterocycles. The summed E-state index contributed by atoms with van der Waals surface area (Å²) in [5.41, 5.74) is 0. The molecule has 0 unspecified atom stereocenters. The second-order valence-corrected chi connectivity index (χ2v) is 3.78. The summed E-state index contributed by atoms with van der Waals surface area (Å²) in [5.74, 6) is 0. The van der Waals surface area contributed by atoms with Gasteiger partial charge in [-0.3, -0.25) is 0 Å². The van der Waals surface area contributed by atoms with Gasteiger partial charge in [0.25, 0.3) is 0 Å². The summed E-state index contributed by atoms with van der Waals surface area (Å²) in [7, 11) is 2.49. The van der Waals surface area contributed by atoms with Crippen LogP contribution in [0, 0.1) is 0 Å². The number of hydrogen-bond donors (Lipinski definition) is 0. The predicted octanol–water partition coefficient (Wildman–Crippen LogP) is -3.13.